The number of hydrogen-bond donors (Lipinski definition) is 3. The monoisotopic (exact) mass is 451 g/mol. The maximum Gasteiger partial charge on any atom is 0.242 e. The van der Waals surface area contributed by atoms with Gasteiger partial charge >= 0.3 is 0 Å². The van der Waals surface area contributed by atoms with E-state index in [1.165, 1.54) is 32.1 Å². The fourth-order valence-corrected chi connectivity index (χ4v) is 3.45. The zero-order valence-electron chi connectivity index (χ0n) is 20.8. The molecule has 3 N–H and O–H groups in total. The van der Waals surface area contributed by atoms with Crippen molar-refractivity contribution in [1.29, 1.82) is 0 Å². The number of allylic oxidation sites excluding steroid dienone is 1. The van der Waals surface area contributed by atoms with Gasteiger partial charge in [0.25, 0.3) is 0 Å². The third-order valence-corrected chi connectivity index (χ3v) is 5.56. The van der Waals surface area contributed by atoms with E-state index in [0.717, 1.165) is 51.4 Å². The van der Waals surface area contributed by atoms with Gasteiger partial charge in [-0.25, -0.2) is 0 Å². The summed E-state index contributed by atoms with van der Waals surface area (Å²) in [5.74, 6) is -0.357. The summed E-state index contributed by atoms with van der Waals surface area (Å²) in [6.45, 7) is 9.14. The standard InChI is InChI=1S/C26H49N3O3/c1-4-7-10-11-12-13-14-15-16-17-18-25(31)29-23(26(32)28-22-9-6-3)19-20-24(30)27-21-8-5-2/h4,23H,1,5-22H2,2-3H3,(H,27,30)(H,28,32)(H,29,31)/t23-/m0/s1. The topological polar surface area (TPSA) is 87.3 Å². The average molecular weight is 452 g/mol. The van der Waals surface area contributed by atoms with Gasteiger partial charge < -0.3 is 16.0 Å². The summed E-state index contributed by atoms with van der Waals surface area (Å²) in [7, 11) is 0. The molecular weight excluding hydrogens is 402 g/mol. The Kier molecular flexibility index (Phi) is 21.1. The summed E-state index contributed by atoms with van der Waals surface area (Å²) in [4.78, 5) is 36.9. The molecule has 0 saturated heterocycles. The highest BCUT2D eigenvalue weighted by molar-refractivity contribution is 5.88. The van der Waals surface area contributed by atoms with Gasteiger partial charge in [0, 0.05) is 25.9 Å². The van der Waals surface area contributed by atoms with Crippen molar-refractivity contribution in [3.8, 4) is 0 Å². The first kappa shape index (κ1) is 30.1. The minimum atomic E-state index is -0.646. The molecule has 6 nitrogen and oxygen atoms in total. The molecule has 0 fully saturated rings. The van der Waals surface area contributed by atoms with E-state index < -0.39 is 6.04 Å². The summed E-state index contributed by atoms with van der Waals surface area (Å²) in [6, 6.07) is -0.646. The Morgan fingerprint density at radius 1 is 0.719 bits per heavy atom. The second-order valence-corrected chi connectivity index (χ2v) is 8.66. The van der Waals surface area contributed by atoms with Crippen molar-refractivity contribution in [3.63, 3.8) is 0 Å². The van der Waals surface area contributed by atoms with Crippen molar-refractivity contribution in [1.82, 2.24) is 16.0 Å². The van der Waals surface area contributed by atoms with Crippen molar-refractivity contribution in [2.24, 2.45) is 0 Å². The summed E-state index contributed by atoms with van der Waals surface area (Å²) in [6.07, 6.45) is 17.2. The average Bonchev–Trinajstić information content (AvgIpc) is 2.78. The predicted octanol–water partition coefficient (Wildman–Crippen LogP) is 5.17. The van der Waals surface area contributed by atoms with Gasteiger partial charge in [0.15, 0.2) is 0 Å². The van der Waals surface area contributed by atoms with Crippen molar-refractivity contribution in [2.75, 3.05) is 13.1 Å². The third kappa shape index (κ3) is 18.9. The smallest absolute Gasteiger partial charge is 0.242 e. The Bertz CT molecular complexity index is 509. The lowest BCUT2D eigenvalue weighted by molar-refractivity contribution is -0.129. The van der Waals surface area contributed by atoms with Crippen LogP contribution in [0, 0.1) is 0 Å². The van der Waals surface area contributed by atoms with E-state index >= 15 is 0 Å². The van der Waals surface area contributed by atoms with E-state index in [0.29, 0.717) is 25.9 Å². The first-order valence-corrected chi connectivity index (χ1v) is 13.0. The quantitative estimate of drug-likeness (QED) is 0.157. The molecule has 0 aliphatic heterocycles. The molecule has 0 aliphatic rings. The van der Waals surface area contributed by atoms with Crippen LogP contribution in [0.25, 0.3) is 0 Å². The maximum absolute atomic E-state index is 12.5. The van der Waals surface area contributed by atoms with Gasteiger partial charge in [0.2, 0.25) is 17.7 Å². The molecular formula is C26H49N3O3. The number of nitrogens with one attached hydrogen (secondary N) is 3. The highest BCUT2D eigenvalue weighted by atomic mass is 16.2. The fraction of sp³-hybridized carbons (Fsp3) is 0.808. The molecule has 0 aromatic rings. The number of hydrogen-bond acceptors (Lipinski definition) is 3. The van der Waals surface area contributed by atoms with Crippen LogP contribution in [0.15, 0.2) is 12.7 Å². The van der Waals surface area contributed by atoms with E-state index in [2.05, 4.69) is 36.4 Å². The van der Waals surface area contributed by atoms with E-state index in [9.17, 15) is 14.4 Å². The van der Waals surface area contributed by atoms with Crippen LogP contribution in [0.1, 0.15) is 117 Å². The van der Waals surface area contributed by atoms with E-state index in [1.54, 1.807) is 0 Å². The van der Waals surface area contributed by atoms with Crippen LogP contribution in [-0.2, 0) is 14.4 Å². The fourth-order valence-electron chi connectivity index (χ4n) is 3.45. The van der Waals surface area contributed by atoms with Crippen LogP contribution in [0.2, 0.25) is 0 Å². The lowest BCUT2D eigenvalue weighted by atomic mass is 10.1. The van der Waals surface area contributed by atoms with E-state index in [1.807, 2.05) is 6.08 Å². The molecule has 0 rings (SSSR count). The van der Waals surface area contributed by atoms with Crippen LogP contribution >= 0.6 is 0 Å². The summed E-state index contributed by atoms with van der Waals surface area (Å²) in [5, 5.41) is 8.61. The predicted molar refractivity (Wildman–Crippen MR) is 133 cm³/mol. The third-order valence-electron chi connectivity index (χ3n) is 5.56. The Morgan fingerprint density at radius 2 is 1.28 bits per heavy atom. The van der Waals surface area contributed by atoms with Gasteiger partial charge in [0.1, 0.15) is 6.04 Å². The molecule has 0 aliphatic carbocycles. The highest BCUT2D eigenvalue weighted by Gasteiger charge is 2.21. The van der Waals surface area contributed by atoms with Crippen LogP contribution < -0.4 is 16.0 Å². The number of amides is 3. The van der Waals surface area contributed by atoms with Crippen molar-refractivity contribution >= 4 is 17.7 Å². The SMILES string of the molecule is C=CCCCCCCCCCCC(=O)N[C@@H](CCC(=O)NCCCC)C(=O)NCCCC. The molecule has 0 saturated carbocycles. The van der Waals surface area contributed by atoms with Gasteiger partial charge in [-0.2, -0.15) is 0 Å². The Balaban J connectivity index is 4.19. The molecule has 0 heterocycles. The number of unbranched alkanes of at least 4 members (excludes halogenated alkanes) is 10. The summed E-state index contributed by atoms with van der Waals surface area (Å²) in [5.41, 5.74) is 0. The van der Waals surface area contributed by atoms with Crippen LogP contribution in [0.5, 0.6) is 0 Å². The minimum absolute atomic E-state index is 0.0662. The second-order valence-electron chi connectivity index (χ2n) is 8.66. The first-order valence-electron chi connectivity index (χ1n) is 13.0. The van der Waals surface area contributed by atoms with E-state index in [4.69, 9.17) is 0 Å². The first-order chi connectivity index (χ1) is 15.5. The van der Waals surface area contributed by atoms with Gasteiger partial charge in [0.05, 0.1) is 0 Å². The minimum Gasteiger partial charge on any atom is -0.356 e. The molecule has 0 spiro atoms. The molecule has 1 atom stereocenters. The molecule has 186 valence electrons. The van der Waals surface area contributed by atoms with Gasteiger partial charge in [-0.1, -0.05) is 71.3 Å². The number of rotatable bonds is 22. The summed E-state index contributed by atoms with van der Waals surface area (Å²) >= 11 is 0. The Morgan fingerprint density at radius 3 is 1.88 bits per heavy atom. The molecule has 3 amide bonds. The Hall–Kier alpha value is -1.85. The zero-order valence-corrected chi connectivity index (χ0v) is 20.8. The number of carbonyl (C=O) groups is 3. The second kappa shape index (κ2) is 22.3. The molecule has 0 unspecified atom stereocenters. The van der Waals surface area contributed by atoms with Gasteiger partial charge in [-0.15, -0.1) is 6.58 Å². The van der Waals surface area contributed by atoms with Crippen molar-refractivity contribution in [3.05, 3.63) is 12.7 Å². The lowest BCUT2D eigenvalue weighted by Crippen LogP contribution is -2.47. The molecule has 32 heavy (non-hydrogen) atoms. The molecule has 0 aromatic heterocycles. The van der Waals surface area contributed by atoms with Crippen molar-refractivity contribution < 1.29 is 14.4 Å². The largest absolute Gasteiger partial charge is 0.356 e. The number of carbonyl (C=O) groups excluding carboxylic acids is 3. The molecule has 0 radical (unpaired) electrons. The van der Waals surface area contributed by atoms with Crippen LogP contribution in [0.3, 0.4) is 0 Å². The molecule has 6 heteroatoms. The Labute approximate surface area is 196 Å². The van der Waals surface area contributed by atoms with Gasteiger partial charge in [-0.05, 0) is 38.5 Å². The molecule has 0 aromatic carbocycles. The van der Waals surface area contributed by atoms with E-state index in [-0.39, 0.29) is 24.1 Å². The van der Waals surface area contributed by atoms with Gasteiger partial charge in [-0.3, -0.25) is 14.4 Å². The van der Waals surface area contributed by atoms with Crippen molar-refractivity contribution in [2.45, 2.75) is 123 Å². The zero-order chi connectivity index (χ0) is 23.9. The highest BCUT2D eigenvalue weighted by Crippen LogP contribution is 2.11. The normalized spacial score (nSPS) is 11.6. The molecule has 0 bridgehead atoms. The maximum atomic E-state index is 12.5. The van der Waals surface area contributed by atoms with Crippen LogP contribution in [-0.4, -0.2) is 36.9 Å². The van der Waals surface area contributed by atoms with Crippen LogP contribution in [0.4, 0.5) is 0 Å². The lowest BCUT2D eigenvalue weighted by Gasteiger charge is -2.18. The summed E-state index contributed by atoms with van der Waals surface area (Å²) < 4.78 is 0.